The summed E-state index contributed by atoms with van der Waals surface area (Å²) in [5.41, 5.74) is 1.18. The summed E-state index contributed by atoms with van der Waals surface area (Å²) >= 11 is 7.84. The molecule has 0 saturated carbocycles. The Hall–Kier alpha value is -0.340. The molecule has 3 heteroatoms. The standard InChI is InChI=1S/C10H12ClNS/c1-7-4-5-12-9-6-8(11)2-3-10(9)13-7/h2-3,6-7,12H,4-5H2,1H3/t7-/m1/s1. The zero-order chi connectivity index (χ0) is 9.26. The molecule has 0 amide bonds. The Kier molecular flexibility index (Phi) is 2.70. The fourth-order valence-corrected chi connectivity index (χ4v) is 2.67. The van der Waals surface area contributed by atoms with Crippen LogP contribution < -0.4 is 5.32 Å². The molecule has 13 heavy (non-hydrogen) atoms. The largest absolute Gasteiger partial charge is 0.384 e. The molecule has 1 aliphatic heterocycles. The molecule has 0 radical (unpaired) electrons. The minimum atomic E-state index is 0.690. The number of anilines is 1. The van der Waals surface area contributed by atoms with Crippen LogP contribution in [0.3, 0.4) is 0 Å². The van der Waals surface area contributed by atoms with Crippen molar-refractivity contribution in [3.63, 3.8) is 0 Å². The Balaban J connectivity index is 2.34. The van der Waals surface area contributed by atoms with Crippen LogP contribution in [0.15, 0.2) is 23.1 Å². The van der Waals surface area contributed by atoms with Gasteiger partial charge in [0.25, 0.3) is 0 Å². The number of rotatable bonds is 0. The molecule has 1 aromatic carbocycles. The van der Waals surface area contributed by atoms with Gasteiger partial charge >= 0.3 is 0 Å². The third kappa shape index (κ3) is 2.12. The zero-order valence-electron chi connectivity index (χ0n) is 7.51. The monoisotopic (exact) mass is 213 g/mol. The number of benzene rings is 1. The van der Waals surface area contributed by atoms with Crippen LogP contribution in [0.1, 0.15) is 13.3 Å². The average Bonchev–Trinajstić information content (AvgIpc) is 2.25. The quantitative estimate of drug-likeness (QED) is 0.706. The fraction of sp³-hybridized carbons (Fsp3) is 0.400. The van der Waals surface area contributed by atoms with E-state index in [-0.39, 0.29) is 0 Å². The maximum absolute atomic E-state index is 5.92. The van der Waals surface area contributed by atoms with Gasteiger partial charge in [0.1, 0.15) is 0 Å². The van der Waals surface area contributed by atoms with E-state index in [0.717, 1.165) is 11.6 Å². The first-order valence-electron chi connectivity index (χ1n) is 4.46. The second-order valence-electron chi connectivity index (χ2n) is 3.28. The zero-order valence-corrected chi connectivity index (χ0v) is 9.08. The van der Waals surface area contributed by atoms with Crippen LogP contribution >= 0.6 is 23.4 Å². The normalized spacial score (nSPS) is 21.5. The van der Waals surface area contributed by atoms with Gasteiger partial charge < -0.3 is 5.32 Å². The predicted octanol–water partition coefficient (Wildman–Crippen LogP) is 3.64. The molecule has 0 spiro atoms. The van der Waals surface area contributed by atoms with Crippen LogP contribution in [0.2, 0.25) is 5.02 Å². The summed E-state index contributed by atoms with van der Waals surface area (Å²) in [5.74, 6) is 0. The summed E-state index contributed by atoms with van der Waals surface area (Å²) in [6.45, 7) is 3.30. The molecule has 1 atom stereocenters. The second-order valence-corrected chi connectivity index (χ2v) is 5.20. The van der Waals surface area contributed by atoms with Crippen molar-refractivity contribution in [1.82, 2.24) is 0 Å². The minimum Gasteiger partial charge on any atom is -0.384 e. The molecule has 0 aromatic heterocycles. The van der Waals surface area contributed by atoms with Gasteiger partial charge in [-0.2, -0.15) is 0 Å². The number of fused-ring (bicyclic) bond motifs is 1. The van der Waals surface area contributed by atoms with E-state index in [1.807, 2.05) is 23.9 Å². The van der Waals surface area contributed by atoms with E-state index in [9.17, 15) is 0 Å². The summed E-state index contributed by atoms with van der Waals surface area (Å²) in [5, 5.41) is 4.89. The van der Waals surface area contributed by atoms with E-state index >= 15 is 0 Å². The first-order valence-corrected chi connectivity index (χ1v) is 5.71. The van der Waals surface area contributed by atoms with Gasteiger partial charge in [0.2, 0.25) is 0 Å². The van der Waals surface area contributed by atoms with Crippen LogP contribution in [0.25, 0.3) is 0 Å². The molecule has 0 fully saturated rings. The Bertz CT molecular complexity index is 314. The van der Waals surface area contributed by atoms with Crippen LogP contribution in [0, 0.1) is 0 Å². The van der Waals surface area contributed by atoms with Crippen molar-refractivity contribution in [1.29, 1.82) is 0 Å². The minimum absolute atomic E-state index is 0.690. The molecular weight excluding hydrogens is 202 g/mol. The highest BCUT2D eigenvalue weighted by molar-refractivity contribution is 8.00. The van der Waals surface area contributed by atoms with Gasteiger partial charge in [0.05, 0.1) is 0 Å². The number of hydrogen-bond donors (Lipinski definition) is 1. The predicted molar refractivity (Wildman–Crippen MR) is 59.9 cm³/mol. The topological polar surface area (TPSA) is 12.0 Å². The third-order valence-electron chi connectivity index (χ3n) is 2.14. The van der Waals surface area contributed by atoms with Crippen LogP contribution in [-0.4, -0.2) is 11.8 Å². The highest BCUT2D eigenvalue weighted by atomic mass is 35.5. The van der Waals surface area contributed by atoms with Crippen molar-refractivity contribution in [2.45, 2.75) is 23.5 Å². The number of halogens is 1. The summed E-state index contributed by atoms with van der Waals surface area (Å²) in [6, 6.07) is 6.05. The van der Waals surface area contributed by atoms with E-state index in [1.165, 1.54) is 17.0 Å². The second kappa shape index (κ2) is 3.81. The lowest BCUT2D eigenvalue weighted by Crippen LogP contribution is -2.03. The van der Waals surface area contributed by atoms with E-state index in [2.05, 4.69) is 18.3 Å². The first-order chi connectivity index (χ1) is 6.25. The van der Waals surface area contributed by atoms with Gasteiger partial charge in [-0.05, 0) is 24.6 Å². The fourth-order valence-electron chi connectivity index (χ4n) is 1.43. The lowest BCUT2D eigenvalue weighted by molar-refractivity contribution is 0.860. The molecule has 0 unspecified atom stereocenters. The molecule has 1 nitrogen and oxygen atoms in total. The molecule has 0 aliphatic carbocycles. The maximum atomic E-state index is 5.92. The Morgan fingerprint density at radius 2 is 2.38 bits per heavy atom. The number of nitrogens with one attached hydrogen (secondary N) is 1. The molecule has 2 rings (SSSR count). The smallest absolute Gasteiger partial charge is 0.0493 e. The summed E-state index contributed by atoms with van der Waals surface area (Å²) in [4.78, 5) is 1.31. The lowest BCUT2D eigenvalue weighted by Gasteiger charge is -2.07. The first kappa shape index (κ1) is 9.22. The Labute approximate surface area is 87.9 Å². The molecule has 1 N–H and O–H groups in total. The molecule has 0 saturated heterocycles. The van der Waals surface area contributed by atoms with Crippen molar-refractivity contribution >= 4 is 29.1 Å². The van der Waals surface area contributed by atoms with Gasteiger partial charge in [-0.1, -0.05) is 18.5 Å². The molecular formula is C10H12ClNS. The molecule has 70 valence electrons. The highest BCUT2D eigenvalue weighted by Crippen LogP contribution is 2.35. The van der Waals surface area contributed by atoms with Gasteiger partial charge in [-0.15, -0.1) is 11.8 Å². The summed E-state index contributed by atoms with van der Waals surface area (Å²) < 4.78 is 0. The molecule has 1 heterocycles. The van der Waals surface area contributed by atoms with Gasteiger partial charge in [-0.25, -0.2) is 0 Å². The lowest BCUT2D eigenvalue weighted by atomic mass is 10.3. The SMILES string of the molecule is C[C@@H]1CCNc2cc(Cl)ccc2S1. The van der Waals surface area contributed by atoms with Crippen molar-refractivity contribution in [2.24, 2.45) is 0 Å². The third-order valence-corrected chi connectivity index (χ3v) is 3.62. The van der Waals surface area contributed by atoms with Crippen LogP contribution in [-0.2, 0) is 0 Å². The van der Waals surface area contributed by atoms with E-state index in [0.29, 0.717) is 5.25 Å². The number of hydrogen-bond acceptors (Lipinski definition) is 2. The van der Waals surface area contributed by atoms with Crippen LogP contribution in [0.5, 0.6) is 0 Å². The molecule has 1 aromatic rings. The van der Waals surface area contributed by atoms with Gasteiger partial charge in [0.15, 0.2) is 0 Å². The van der Waals surface area contributed by atoms with Crippen molar-refractivity contribution in [3.8, 4) is 0 Å². The van der Waals surface area contributed by atoms with E-state index in [4.69, 9.17) is 11.6 Å². The van der Waals surface area contributed by atoms with E-state index in [1.54, 1.807) is 0 Å². The van der Waals surface area contributed by atoms with Crippen LogP contribution in [0.4, 0.5) is 5.69 Å². The average molecular weight is 214 g/mol. The Morgan fingerprint density at radius 1 is 1.54 bits per heavy atom. The maximum Gasteiger partial charge on any atom is 0.0493 e. The van der Waals surface area contributed by atoms with Crippen molar-refractivity contribution in [2.75, 3.05) is 11.9 Å². The van der Waals surface area contributed by atoms with Crippen molar-refractivity contribution in [3.05, 3.63) is 23.2 Å². The molecule has 0 bridgehead atoms. The molecule has 1 aliphatic rings. The highest BCUT2D eigenvalue weighted by Gasteiger charge is 2.12. The van der Waals surface area contributed by atoms with Gasteiger partial charge in [-0.3, -0.25) is 0 Å². The van der Waals surface area contributed by atoms with Gasteiger partial charge in [0, 0.05) is 27.4 Å². The summed E-state index contributed by atoms with van der Waals surface area (Å²) in [7, 11) is 0. The number of thioether (sulfide) groups is 1. The Morgan fingerprint density at radius 3 is 3.23 bits per heavy atom. The van der Waals surface area contributed by atoms with Crippen molar-refractivity contribution < 1.29 is 0 Å². The summed E-state index contributed by atoms with van der Waals surface area (Å²) in [6.07, 6.45) is 1.21. The van der Waals surface area contributed by atoms with E-state index < -0.39 is 0 Å².